The Morgan fingerprint density at radius 1 is 1.17 bits per heavy atom. The van der Waals surface area contributed by atoms with E-state index in [9.17, 15) is 0 Å². The molecule has 0 amide bonds. The molecule has 2 rings (SSSR count). The zero-order chi connectivity index (χ0) is 8.39. The quantitative estimate of drug-likeness (QED) is 0.636. The second-order valence-corrected chi connectivity index (χ2v) is 2.55. The molecule has 0 atom stereocenters. The van der Waals surface area contributed by atoms with E-state index >= 15 is 0 Å². The predicted octanol–water partition coefficient (Wildman–Crippen LogP) is 2.09. The van der Waals surface area contributed by atoms with Gasteiger partial charge >= 0.3 is 0 Å². The molecular weight excluding hydrogens is 154 g/mol. The van der Waals surface area contributed by atoms with Crippen LogP contribution in [-0.2, 0) is 0 Å². The molecule has 3 heteroatoms. The standard InChI is InChI=1S/C9H10NO2/c1-10-7-2-3-8-9(6-7)12-5-4-11-8/h2-3,6H,4-5H2,1H3/q-1. The summed E-state index contributed by atoms with van der Waals surface area (Å²) in [6.45, 7) is 1.26. The number of nitrogens with zero attached hydrogens (tertiary/aromatic N) is 1. The Balaban J connectivity index is 2.36. The summed E-state index contributed by atoms with van der Waals surface area (Å²) < 4.78 is 10.7. The highest BCUT2D eigenvalue weighted by Gasteiger charge is 2.08. The molecule has 64 valence electrons. The van der Waals surface area contributed by atoms with Crippen LogP contribution in [0.1, 0.15) is 0 Å². The third-order valence-corrected chi connectivity index (χ3v) is 1.78. The van der Waals surface area contributed by atoms with Crippen molar-refractivity contribution in [1.29, 1.82) is 0 Å². The molecular formula is C9H10NO2-. The van der Waals surface area contributed by atoms with E-state index < -0.39 is 0 Å². The maximum absolute atomic E-state index is 5.38. The summed E-state index contributed by atoms with van der Waals surface area (Å²) in [5, 5.41) is 4.04. The molecule has 0 radical (unpaired) electrons. The van der Waals surface area contributed by atoms with Crippen LogP contribution in [0, 0.1) is 0 Å². The normalized spacial score (nSPS) is 14.1. The van der Waals surface area contributed by atoms with Crippen LogP contribution in [0.2, 0.25) is 0 Å². The van der Waals surface area contributed by atoms with Gasteiger partial charge in [-0.1, -0.05) is 6.07 Å². The van der Waals surface area contributed by atoms with E-state index in [1.807, 2.05) is 18.2 Å². The molecule has 1 aromatic rings. The molecule has 1 aliphatic rings. The highest BCUT2D eigenvalue weighted by Crippen LogP contribution is 2.34. The number of hydrogen-bond acceptors (Lipinski definition) is 2. The Kier molecular flexibility index (Phi) is 1.78. The van der Waals surface area contributed by atoms with Crippen molar-refractivity contribution < 1.29 is 9.47 Å². The van der Waals surface area contributed by atoms with Crippen LogP contribution < -0.4 is 9.47 Å². The Morgan fingerprint density at radius 2 is 1.92 bits per heavy atom. The first-order valence-corrected chi connectivity index (χ1v) is 3.89. The van der Waals surface area contributed by atoms with E-state index in [0.717, 1.165) is 17.2 Å². The van der Waals surface area contributed by atoms with Crippen molar-refractivity contribution in [3.63, 3.8) is 0 Å². The van der Waals surface area contributed by atoms with Gasteiger partial charge in [0.2, 0.25) is 0 Å². The average Bonchev–Trinajstić information content (AvgIpc) is 2.17. The first-order valence-electron chi connectivity index (χ1n) is 3.89. The number of fused-ring (bicyclic) bond motifs is 1. The van der Waals surface area contributed by atoms with Crippen molar-refractivity contribution in [2.45, 2.75) is 0 Å². The number of rotatable bonds is 1. The third-order valence-electron chi connectivity index (χ3n) is 1.78. The predicted molar refractivity (Wildman–Crippen MR) is 46.4 cm³/mol. The van der Waals surface area contributed by atoms with Crippen LogP contribution in [-0.4, -0.2) is 20.3 Å². The second-order valence-electron chi connectivity index (χ2n) is 2.55. The average molecular weight is 164 g/mol. The Bertz CT molecular complexity index is 286. The molecule has 0 fully saturated rings. The molecule has 1 heterocycles. The molecule has 0 saturated heterocycles. The van der Waals surface area contributed by atoms with E-state index in [1.54, 1.807) is 7.05 Å². The minimum atomic E-state index is 0.625. The molecule has 0 unspecified atom stereocenters. The molecule has 1 aromatic carbocycles. The summed E-state index contributed by atoms with van der Waals surface area (Å²) >= 11 is 0. The number of ether oxygens (including phenoxy) is 2. The second kappa shape index (κ2) is 2.93. The summed E-state index contributed by atoms with van der Waals surface area (Å²) in [5.41, 5.74) is 0.916. The summed E-state index contributed by atoms with van der Waals surface area (Å²) in [4.78, 5) is 0. The third kappa shape index (κ3) is 1.18. The van der Waals surface area contributed by atoms with Crippen LogP contribution in [0.25, 0.3) is 5.32 Å². The van der Waals surface area contributed by atoms with Crippen molar-refractivity contribution in [3.05, 3.63) is 23.5 Å². The van der Waals surface area contributed by atoms with Gasteiger partial charge in [0.1, 0.15) is 13.2 Å². The van der Waals surface area contributed by atoms with Gasteiger partial charge in [-0.2, -0.15) is 0 Å². The van der Waals surface area contributed by atoms with Crippen molar-refractivity contribution >= 4 is 5.69 Å². The maximum Gasteiger partial charge on any atom is 0.161 e. The van der Waals surface area contributed by atoms with E-state index in [0.29, 0.717) is 13.2 Å². The van der Waals surface area contributed by atoms with Gasteiger partial charge in [-0.15, -0.1) is 12.7 Å². The van der Waals surface area contributed by atoms with Gasteiger partial charge in [0.05, 0.1) is 0 Å². The van der Waals surface area contributed by atoms with Gasteiger partial charge < -0.3 is 14.8 Å². The molecule has 0 aromatic heterocycles. The summed E-state index contributed by atoms with van der Waals surface area (Å²) in [6, 6.07) is 5.68. The zero-order valence-electron chi connectivity index (χ0n) is 6.91. The van der Waals surface area contributed by atoms with Crippen LogP contribution in [0.5, 0.6) is 11.5 Å². The smallest absolute Gasteiger partial charge is 0.161 e. The molecule has 0 aliphatic carbocycles. The minimum Gasteiger partial charge on any atom is -0.687 e. The molecule has 3 nitrogen and oxygen atoms in total. The lowest BCUT2D eigenvalue weighted by molar-refractivity contribution is 0.171. The van der Waals surface area contributed by atoms with Gasteiger partial charge in [-0.3, -0.25) is 0 Å². The molecule has 0 bridgehead atoms. The highest BCUT2D eigenvalue weighted by molar-refractivity contribution is 5.57. The molecule has 0 N–H and O–H groups in total. The first kappa shape index (κ1) is 7.28. The Morgan fingerprint density at radius 3 is 2.67 bits per heavy atom. The topological polar surface area (TPSA) is 32.6 Å². The van der Waals surface area contributed by atoms with E-state index in [4.69, 9.17) is 9.47 Å². The molecule has 1 aliphatic heterocycles. The van der Waals surface area contributed by atoms with Gasteiger partial charge in [0, 0.05) is 0 Å². The van der Waals surface area contributed by atoms with E-state index in [-0.39, 0.29) is 0 Å². The van der Waals surface area contributed by atoms with E-state index in [1.165, 1.54) is 0 Å². The van der Waals surface area contributed by atoms with Gasteiger partial charge in [-0.05, 0) is 12.1 Å². The van der Waals surface area contributed by atoms with Crippen LogP contribution in [0.15, 0.2) is 18.2 Å². The van der Waals surface area contributed by atoms with Crippen molar-refractivity contribution in [2.75, 3.05) is 20.3 Å². The van der Waals surface area contributed by atoms with Crippen LogP contribution >= 0.6 is 0 Å². The van der Waals surface area contributed by atoms with Crippen molar-refractivity contribution in [3.8, 4) is 11.5 Å². The number of benzene rings is 1. The summed E-state index contributed by atoms with van der Waals surface area (Å²) in [7, 11) is 1.76. The van der Waals surface area contributed by atoms with Crippen LogP contribution in [0.3, 0.4) is 0 Å². The lowest BCUT2D eigenvalue weighted by Gasteiger charge is -2.21. The number of hydrogen-bond donors (Lipinski definition) is 0. The Labute approximate surface area is 71.3 Å². The zero-order valence-corrected chi connectivity index (χ0v) is 6.91. The fourth-order valence-electron chi connectivity index (χ4n) is 1.17. The molecule has 0 saturated carbocycles. The van der Waals surface area contributed by atoms with E-state index in [2.05, 4.69) is 5.32 Å². The fourth-order valence-corrected chi connectivity index (χ4v) is 1.17. The SMILES string of the molecule is C[N-]c1ccc2c(c1)OCCO2. The van der Waals surface area contributed by atoms with Crippen molar-refractivity contribution in [1.82, 2.24) is 0 Å². The lowest BCUT2D eigenvalue weighted by atomic mass is 10.2. The van der Waals surface area contributed by atoms with Gasteiger partial charge in [-0.25, -0.2) is 0 Å². The Hall–Kier alpha value is -1.38. The molecule has 12 heavy (non-hydrogen) atoms. The first-order chi connectivity index (χ1) is 5.90. The fraction of sp³-hybridized carbons (Fsp3) is 0.333. The maximum atomic E-state index is 5.38. The van der Waals surface area contributed by atoms with Crippen LogP contribution in [0.4, 0.5) is 5.69 Å². The summed E-state index contributed by atoms with van der Waals surface area (Å²) in [5.74, 6) is 1.61. The largest absolute Gasteiger partial charge is 0.687 e. The van der Waals surface area contributed by atoms with Gasteiger partial charge in [0.15, 0.2) is 11.5 Å². The van der Waals surface area contributed by atoms with Crippen molar-refractivity contribution in [2.24, 2.45) is 0 Å². The minimum absolute atomic E-state index is 0.625. The monoisotopic (exact) mass is 164 g/mol. The van der Waals surface area contributed by atoms with Gasteiger partial charge in [0.25, 0.3) is 0 Å². The molecule has 0 spiro atoms. The summed E-state index contributed by atoms with van der Waals surface area (Å²) in [6.07, 6.45) is 0. The lowest BCUT2D eigenvalue weighted by Crippen LogP contribution is -2.14. The highest BCUT2D eigenvalue weighted by atomic mass is 16.6.